The first-order valence-corrected chi connectivity index (χ1v) is 11.8. The van der Waals surface area contributed by atoms with Crippen LogP contribution in [0.15, 0.2) is 79.3 Å². The van der Waals surface area contributed by atoms with Crippen LogP contribution in [0.5, 0.6) is 0 Å². The predicted molar refractivity (Wildman–Crippen MR) is 125 cm³/mol. The first-order valence-electron chi connectivity index (χ1n) is 10.3. The molecule has 0 bridgehead atoms. The molecule has 1 N–H and O–H groups in total. The lowest BCUT2D eigenvalue weighted by Crippen LogP contribution is -2.40. The quantitative estimate of drug-likeness (QED) is 0.472. The van der Waals surface area contributed by atoms with Gasteiger partial charge >= 0.3 is 0 Å². The predicted octanol–water partition coefficient (Wildman–Crippen LogP) is 3.68. The molecule has 1 atom stereocenters. The second kappa shape index (κ2) is 8.08. The van der Waals surface area contributed by atoms with Crippen molar-refractivity contribution >= 4 is 15.8 Å². The lowest BCUT2D eigenvalue weighted by atomic mass is 9.87. The Labute approximate surface area is 192 Å². The van der Waals surface area contributed by atoms with Gasteiger partial charge in [0.25, 0.3) is 10.2 Å². The van der Waals surface area contributed by atoms with E-state index >= 15 is 0 Å². The molecule has 1 aliphatic heterocycles. The van der Waals surface area contributed by atoms with Crippen molar-refractivity contribution in [1.82, 2.24) is 18.6 Å². The maximum atomic E-state index is 13.2. The Morgan fingerprint density at radius 3 is 2.79 bits per heavy atom. The van der Waals surface area contributed by atoms with Gasteiger partial charge in [0.05, 0.1) is 23.6 Å². The zero-order valence-electron chi connectivity index (χ0n) is 17.5. The summed E-state index contributed by atoms with van der Waals surface area (Å²) in [6.07, 6.45) is 9.95. The van der Waals surface area contributed by atoms with Crippen molar-refractivity contribution < 1.29 is 14.2 Å². The molecule has 0 amide bonds. The van der Waals surface area contributed by atoms with Crippen LogP contribution in [0, 0.1) is 17.1 Å². The summed E-state index contributed by atoms with van der Waals surface area (Å²) in [4.78, 5) is 4.50. The van der Waals surface area contributed by atoms with E-state index in [2.05, 4.69) is 9.71 Å². The summed E-state index contributed by atoms with van der Waals surface area (Å²) >= 11 is 0. The Balaban J connectivity index is 0.00000274. The first-order chi connectivity index (χ1) is 15.9. The molecule has 0 saturated carbocycles. The maximum Gasteiger partial charge on any atom is 0.281 e. The van der Waals surface area contributed by atoms with Crippen LogP contribution in [0.3, 0.4) is 0 Å². The second-order valence-corrected chi connectivity index (χ2v) is 9.74. The number of aromatic nitrogens is 2. The minimum atomic E-state index is -3.71. The van der Waals surface area contributed by atoms with Gasteiger partial charge in [-0.1, -0.05) is 36.4 Å². The Kier molecular flexibility index (Phi) is 5.21. The Morgan fingerprint density at radius 1 is 1.21 bits per heavy atom. The number of rotatable bonds is 4. The van der Waals surface area contributed by atoms with Crippen LogP contribution in [0.25, 0.3) is 22.5 Å². The number of benzene rings is 2. The normalized spacial score (nSPS) is 21.8. The molecule has 0 radical (unpaired) electrons. The van der Waals surface area contributed by atoms with E-state index in [1.807, 2.05) is 59.3 Å². The van der Waals surface area contributed by atoms with E-state index in [0.29, 0.717) is 6.42 Å². The first kappa shape index (κ1) is 21.3. The summed E-state index contributed by atoms with van der Waals surface area (Å²) in [5, 5.41) is 8.96. The van der Waals surface area contributed by atoms with Gasteiger partial charge in [-0.05, 0) is 47.9 Å². The van der Waals surface area contributed by atoms with Crippen LogP contribution in [-0.4, -0.2) is 40.9 Å². The summed E-state index contributed by atoms with van der Waals surface area (Å²) in [6.45, 7) is -0.0229. The molecule has 5 rings (SSSR count). The van der Waals surface area contributed by atoms with Crippen molar-refractivity contribution in [2.45, 2.75) is 12.0 Å². The number of nitrogens with one attached hydrogen (secondary N) is 1. The average molecular weight is 464 g/mol. The molecule has 2 aromatic carbocycles. The molecule has 2 aliphatic rings. The molecule has 33 heavy (non-hydrogen) atoms. The third kappa shape index (κ3) is 4.12. The minimum absolute atomic E-state index is 0. The molecule has 7 nitrogen and oxygen atoms in total. The molecular weight excluding hydrogens is 441 g/mol. The minimum Gasteiger partial charge on any atom is -0.306 e. The molecule has 3 aromatic rings. The molecule has 1 spiro atoms. The fourth-order valence-electron chi connectivity index (χ4n) is 4.22. The average Bonchev–Trinajstić information content (AvgIpc) is 3.38. The maximum absolute atomic E-state index is 13.2. The Bertz CT molecular complexity index is 1430. The van der Waals surface area contributed by atoms with Gasteiger partial charge in [-0.25, -0.2) is 9.37 Å². The summed E-state index contributed by atoms with van der Waals surface area (Å²) in [5.74, 6) is -0.292. The van der Waals surface area contributed by atoms with Crippen molar-refractivity contribution in [3.63, 3.8) is 0 Å². The summed E-state index contributed by atoms with van der Waals surface area (Å²) < 4.78 is 43.7. The third-order valence-electron chi connectivity index (χ3n) is 5.77. The molecule has 9 heteroatoms. The van der Waals surface area contributed by atoms with E-state index in [-0.39, 0.29) is 20.3 Å². The van der Waals surface area contributed by atoms with E-state index in [4.69, 9.17) is 5.26 Å². The van der Waals surface area contributed by atoms with Crippen LogP contribution in [-0.2, 0) is 10.2 Å². The second-order valence-electron chi connectivity index (χ2n) is 8.07. The lowest BCUT2D eigenvalue weighted by Gasteiger charge is -2.25. The van der Waals surface area contributed by atoms with E-state index in [0.717, 1.165) is 32.4 Å². The fraction of sp³-hybridized carbons (Fsp3) is 0.167. The molecule has 1 aliphatic carbocycles. The summed E-state index contributed by atoms with van der Waals surface area (Å²) in [7, 11) is -3.71. The van der Waals surface area contributed by atoms with Crippen LogP contribution in [0.2, 0.25) is 0 Å². The van der Waals surface area contributed by atoms with Crippen molar-refractivity contribution in [1.29, 1.82) is 5.26 Å². The number of halogens is 1. The van der Waals surface area contributed by atoms with Gasteiger partial charge in [0.15, 0.2) is 0 Å². The largest absolute Gasteiger partial charge is 0.306 e. The molecule has 168 valence electrons. The monoisotopic (exact) mass is 463 g/mol. The Morgan fingerprint density at radius 2 is 2.00 bits per heavy atom. The standard InChI is InChI=1S/C24H20FN5O2S.H2/c25-21-6-8-22(9-7-21)29-15-23(27-17-29)19-4-1-3-18(13-19)20-5-2-10-24(14-20)16-30(12-11-26)33(31,32)28-24;/h1-4,6-10,13-15,17,28H,5,12,16H2;1H/t24-;/m1./s1. The van der Waals surface area contributed by atoms with Crippen LogP contribution in [0.1, 0.15) is 13.4 Å². The Hall–Kier alpha value is -3.58. The van der Waals surface area contributed by atoms with Gasteiger partial charge in [0, 0.05) is 25.4 Å². The molecular formula is C24H22FN5O2S. The van der Waals surface area contributed by atoms with Crippen molar-refractivity contribution in [3.05, 3.63) is 90.7 Å². The van der Waals surface area contributed by atoms with Gasteiger partial charge < -0.3 is 4.57 Å². The van der Waals surface area contributed by atoms with Crippen LogP contribution >= 0.6 is 0 Å². The SMILES string of the molecule is N#CCN1C[C@]2(C=CCC(c3cccc(-c4cn(-c5ccc(F)cc5)cn4)c3)=C2)NS1(=O)=O.[HH]. The summed E-state index contributed by atoms with van der Waals surface area (Å²) in [5.41, 5.74) is 3.57. The highest BCUT2D eigenvalue weighted by Gasteiger charge is 2.45. The third-order valence-corrected chi connectivity index (χ3v) is 7.34. The lowest BCUT2D eigenvalue weighted by molar-refractivity contribution is 0.452. The molecule has 1 fully saturated rings. The van der Waals surface area contributed by atoms with E-state index in [1.165, 1.54) is 12.1 Å². The van der Waals surface area contributed by atoms with E-state index < -0.39 is 15.7 Å². The number of nitrogens with zero attached hydrogens (tertiary/aromatic N) is 4. The number of imidazole rings is 1. The van der Waals surface area contributed by atoms with E-state index in [9.17, 15) is 12.8 Å². The van der Waals surface area contributed by atoms with Gasteiger partial charge in [0.1, 0.15) is 12.4 Å². The molecule has 2 heterocycles. The van der Waals surface area contributed by atoms with Crippen LogP contribution in [0.4, 0.5) is 4.39 Å². The summed E-state index contributed by atoms with van der Waals surface area (Å²) in [6, 6.07) is 16.0. The number of hydrogen-bond acceptors (Lipinski definition) is 4. The highest BCUT2D eigenvalue weighted by molar-refractivity contribution is 7.87. The smallest absolute Gasteiger partial charge is 0.281 e. The fourth-order valence-corrected chi connectivity index (χ4v) is 5.63. The molecule has 1 aromatic heterocycles. The number of nitriles is 1. The zero-order chi connectivity index (χ0) is 23.1. The van der Waals surface area contributed by atoms with Gasteiger partial charge in [-0.15, -0.1) is 0 Å². The highest BCUT2D eigenvalue weighted by atomic mass is 32.2. The van der Waals surface area contributed by atoms with Gasteiger partial charge in [-0.2, -0.15) is 22.7 Å². The van der Waals surface area contributed by atoms with Crippen molar-refractivity contribution in [2.75, 3.05) is 13.1 Å². The number of allylic oxidation sites excluding steroid dienone is 2. The van der Waals surface area contributed by atoms with Gasteiger partial charge in [0.2, 0.25) is 0 Å². The number of hydrogen-bond donors (Lipinski definition) is 1. The topological polar surface area (TPSA) is 91.0 Å². The van der Waals surface area contributed by atoms with E-state index in [1.54, 1.807) is 18.5 Å². The molecule has 0 unspecified atom stereocenters. The van der Waals surface area contributed by atoms with Crippen LogP contribution < -0.4 is 4.72 Å². The molecule has 1 saturated heterocycles. The zero-order valence-corrected chi connectivity index (χ0v) is 18.3. The van der Waals surface area contributed by atoms with Crippen molar-refractivity contribution in [2.24, 2.45) is 0 Å². The highest BCUT2D eigenvalue weighted by Crippen LogP contribution is 2.34. The van der Waals surface area contributed by atoms with Crippen molar-refractivity contribution in [3.8, 4) is 23.0 Å². The van der Waals surface area contributed by atoms with Gasteiger partial charge in [-0.3, -0.25) is 0 Å².